The molecule has 0 saturated carbocycles. The third kappa shape index (κ3) is 6.75. The molecule has 1 fully saturated rings. The first-order valence-electron chi connectivity index (χ1n) is 7.31. The highest BCUT2D eigenvalue weighted by Gasteiger charge is 2.24. The van der Waals surface area contributed by atoms with Crippen LogP contribution in [0.3, 0.4) is 0 Å². The molecule has 2 N–H and O–H groups in total. The predicted octanol–water partition coefficient (Wildman–Crippen LogP) is 1.56. The SMILES string of the molecule is CC(C)COCCNC(=O)N1CCCC(CC(=O)O)C1. The monoisotopic (exact) mass is 286 g/mol. The molecule has 1 heterocycles. The summed E-state index contributed by atoms with van der Waals surface area (Å²) in [6, 6.07) is -0.117. The number of hydrogen-bond donors (Lipinski definition) is 2. The van der Waals surface area contributed by atoms with Gasteiger partial charge in [0.1, 0.15) is 0 Å². The third-order valence-electron chi connectivity index (χ3n) is 3.24. The first-order valence-corrected chi connectivity index (χ1v) is 7.31. The summed E-state index contributed by atoms with van der Waals surface area (Å²) in [6.45, 7) is 7.09. The van der Waals surface area contributed by atoms with Gasteiger partial charge in [-0.3, -0.25) is 4.79 Å². The van der Waals surface area contributed by atoms with Gasteiger partial charge in [0.05, 0.1) is 6.61 Å². The lowest BCUT2D eigenvalue weighted by Crippen LogP contribution is -2.46. The summed E-state index contributed by atoms with van der Waals surface area (Å²) in [7, 11) is 0. The number of carboxylic acid groups (broad SMARTS) is 1. The lowest BCUT2D eigenvalue weighted by atomic mass is 9.95. The Kier molecular flexibility index (Phi) is 7.36. The lowest BCUT2D eigenvalue weighted by Gasteiger charge is -2.32. The van der Waals surface area contributed by atoms with Crippen molar-refractivity contribution in [2.45, 2.75) is 33.1 Å². The fourth-order valence-corrected chi connectivity index (χ4v) is 2.32. The molecular weight excluding hydrogens is 260 g/mol. The van der Waals surface area contributed by atoms with Gasteiger partial charge in [-0.1, -0.05) is 13.8 Å². The molecule has 116 valence electrons. The topological polar surface area (TPSA) is 78.9 Å². The van der Waals surface area contributed by atoms with Crippen LogP contribution in [0.15, 0.2) is 0 Å². The van der Waals surface area contributed by atoms with Gasteiger partial charge in [-0.2, -0.15) is 0 Å². The number of ether oxygens (including phenoxy) is 1. The molecule has 0 aromatic carbocycles. The molecule has 0 aromatic heterocycles. The first kappa shape index (κ1) is 16.8. The van der Waals surface area contributed by atoms with Crippen molar-refractivity contribution in [3.63, 3.8) is 0 Å². The van der Waals surface area contributed by atoms with E-state index in [9.17, 15) is 9.59 Å². The second kappa shape index (κ2) is 8.79. The Balaban J connectivity index is 2.20. The van der Waals surface area contributed by atoms with Gasteiger partial charge in [-0.15, -0.1) is 0 Å². The van der Waals surface area contributed by atoms with Crippen LogP contribution in [-0.4, -0.2) is 54.9 Å². The molecule has 1 unspecified atom stereocenters. The molecule has 20 heavy (non-hydrogen) atoms. The van der Waals surface area contributed by atoms with Crippen molar-refractivity contribution in [1.29, 1.82) is 0 Å². The molecule has 1 rings (SSSR count). The van der Waals surface area contributed by atoms with E-state index in [0.29, 0.717) is 38.8 Å². The normalized spacial score (nSPS) is 19.1. The Morgan fingerprint density at radius 2 is 2.20 bits per heavy atom. The number of likely N-dealkylation sites (tertiary alicyclic amines) is 1. The number of nitrogens with zero attached hydrogens (tertiary/aromatic N) is 1. The van der Waals surface area contributed by atoms with Crippen LogP contribution in [0.25, 0.3) is 0 Å². The summed E-state index contributed by atoms with van der Waals surface area (Å²) in [6.07, 6.45) is 1.89. The molecule has 6 nitrogen and oxygen atoms in total. The van der Waals surface area contributed by atoms with Crippen LogP contribution in [0.2, 0.25) is 0 Å². The van der Waals surface area contributed by atoms with Crippen molar-refractivity contribution in [2.24, 2.45) is 11.8 Å². The molecule has 2 amide bonds. The minimum Gasteiger partial charge on any atom is -0.481 e. The molecule has 1 saturated heterocycles. The van der Waals surface area contributed by atoms with Gasteiger partial charge in [0, 0.05) is 32.7 Å². The Morgan fingerprint density at radius 1 is 1.45 bits per heavy atom. The summed E-state index contributed by atoms with van der Waals surface area (Å²) >= 11 is 0. The molecule has 6 heteroatoms. The fraction of sp³-hybridized carbons (Fsp3) is 0.857. The van der Waals surface area contributed by atoms with Crippen LogP contribution in [-0.2, 0) is 9.53 Å². The van der Waals surface area contributed by atoms with Gasteiger partial charge in [0.2, 0.25) is 0 Å². The molecule has 1 aliphatic heterocycles. The lowest BCUT2D eigenvalue weighted by molar-refractivity contribution is -0.138. The molecule has 0 aromatic rings. The maximum Gasteiger partial charge on any atom is 0.317 e. The molecule has 0 bridgehead atoms. The van der Waals surface area contributed by atoms with E-state index in [1.807, 2.05) is 0 Å². The minimum atomic E-state index is -0.792. The van der Waals surface area contributed by atoms with Crippen molar-refractivity contribution in [3.05, 3.63) is 0 Å². The van der Waals surface area contributed by atoms with E-state index in [-0.39, 0.29) is 18.4 Å². The van der Waals surface area contributed by atoms with Crippen molar-refractivity contribution < 1.29 is 19.4 Å². The van der Waals surface area contributed by atoms with E-state index in [2.05, 4.69) is 19.2 Å². The number of carbonyl (C=O) groups is 2. The van der Waals surface area contributed by atoms with Crippen LogP contribution in [0.5, 0.6) is 0 Å². The molecular formula is C14H26N2O4. The number of carboxylic acids is 1. The molecule has 0 aliphatic carbocycles. The van der Waals surface area contributed by atoms with Gasteiger partial charge in [-0.05, 0) is 24.7 Å². The van der Waals surface area contributed by atoms with Crippen LogP contribution in [0.1, 0.15) is 33.1 Å². The number of hydrogen-bond acceptors (Lipinski definition) is 3. The van der Waals surface area contributed by atoms with Crippen molar-refractivity contribution >= 4 is 12.0 Å². The van der Waals surface area contributed by atoms with Crippen LogP contribution in [0.4, 0.5) is 4.79 Å². The van der Waals surface area contributed by atoms with Crippen molar-refractivity contribution in [1.82, 2.24) is 10.2 Å². The number of rotatable bonds is 7. The quantitative estimate of drug-likeness (QED) is 0.696. The van der Waals surface area contributed by atoms with E-state index in [1.54, 1.807) is 4.90 Å². The van der Waals surface area contributed by atoms with Gasteiger partial charge in [-0.25, -0.2) is 4.79 Å². The first-order chi connectivity index (χ1) is 9.49. The molecule has 1 atom stereocenters. The second-order valence-corrected chi connectivity index (χ2v) is 5.75. The van der Waals surface area contributed by atoms with Crippen molar-refractivity contribution in [2.75, 3.05) is 32.8 Å². The number of piperidine rings is 1. The molecule has 0 spiro atoms. The molecule has 1 aliphatic rings. The highest BCUT2D eigenvalue weighted by Crippen LogP contribution is 2.19. The van der Waals surface area contributed by atoms with E-state index in [1.165, 1.54) is 0 Å². The Labute approximate surface area is 120 Å². The summed E-state index contributed by atoms with van der Waals surface area (Å²) in [5.74, 6) is -0.229. The van der Waals surface area contributed by atoms with E-state index in [0.717, 1.165) is 12.8 Å². The van der Waals surface area contributed by atoms with Crippen LogP contribution < -0.4 is 5.32 Å². The van der Waals surface area contributed by atoms with Crippen molar-refractivity contribution in [3.8, 4) is 0 Å². The average molecular weight is 286 g/mol. The average Bonchev–Trinajstić information content (AvgIpc) is 2.37. The Bertz CT molecular complexity index is 320. The smallest absolute Gasteiger partial charge is 0.317 e. The summed E-state index contributed by atoms with van der Waals surface area (Å²) in [5, 5.41) is 11.6. The zero-order chi connectivity index (χ0) is 15.0. The molecule has 0 radical (unpaired) electrons. The largest absolute Gasteiger partial charge is 0.481 e. The van der Waals surface area contributed by atoms with Gasteiger partial charge in [0.15, 0.2) is 0 Å². The van der Waals surface area contributed by atoms with E-state index in [4.69, 9.17) is 9.84 Å². The standard InChI is InChI=1S/C14H26N2O4/c1-11(2)10-20-7-5-15-14(19)16-6-3-4-12(9-16)8-13(17)18/h11-12H,3-10H2,1-2H3,(H,15,19)(H,17,18). The maximum atomic E-state index is 11.9. The zero-order valence-corrected chi connectivity index (χ0v) is 12.4. The number of aliphatic carboxylic acids is 1. The number of carbonyl (C=O) groups excluding carboxylic acids is 1. The van der Waals surface area contributed by atoms with Gasteiger partial charge < -0.3 is 20.1 Å². The number of amides is 2. The number of nitrogens with one attached hydrogen (secondary N) is 1. The minimum absolute atomic E-state index is 0.0733. The van der Waals surface area contributed by atoms with Crippen LogP contribution in [0, 0.1) is 11.8 Å². The highest BCUT2D eigenvalue weighted by molar-refractivity contribution is 5.74. The Morgan fingerprint density at radius 3 is 2.85 bits per heavy atom. The summed E-state index contributed by atoms with van der Waals surface area (Å²) in [5.41, 5.74) is 0. The second-order valence-electron chi connectivity index (χ2n) is 5.75. The summed E-state index contributed by atoms with van der Waals surface area (Å²) in [4.78, 5) is 24.4. The summed E-state index contributed by atoms with van der Waals surface area (Å²) < 4.78 is 5.40. The van der Waals surface area contributed by atoms with E-state index >= 15 is 0 Å². The van der Waals surface area contributed by atoms with E-state index < -0.39 is 5.97 Å². The zero-order valence-electron chi connectivity index (χ0n) is 12.4. The van der Waals surface area contributed by atoms with Gasteiger partial charge in [0.25, 0.3) is 0 Å². The Hall–Kier alpha value is -1.30. The highest BCUT2D eigenvalue weighted by atomic mass is 16.5. The third-order valence-corrected chi connectivity index (χ3v) is 3.24. The van der Waals surface area contributed by atoms with Gasteiger partial charge >= 0.3 is 12.0 Å². The fourth-order valence-electron chi connectivity index (χ4n) is 2.32. The van der Waals surface area contributed by atoms with Crippen LogP contribution >= 0.6 is 0 Å². The number of urea groups is 1. The predicted molar refractivity (Wildman–Crippen MR) is 75.6 cm³/mol. The maximum absolute atomic E-state index is 11.9.